The van der Waals surface area contributed by atoms with E-state index in [9.17, 15) is 0 Å². The molecule has 0 saturated heterocycles. The van der Waals surface area contributed by atoms with Crippen molar-refractivity contribution in [2.45, 2.75) is 20.1 Å². The van der Waals surface area contributed by atoms with Crippen LogP contribution in [0.3, 0.4) is 0 Å². The van der Waals surface area contributed by atoms with Crippen LogP contribution in [0.1, 0.15) is 15.3 Å². The fraction of sp³-hybridized carbons (Fsp3) is 0.222. The van der Waals surface area contributed by atoms with Gasteiger partial charge < -0.3 is 10.1 Å². The van der Waals surface area contributed by atoms with Crippen LogP contribution >= 0.6 is 11.3 Å². The Morgan fingerprint density at radius 2 is 1.90 bits per heavy atom. The Hall–Kier alpha value is -1.84. The molecule has 1 N–H and O–H groups in total. The minimum atomic E-state index is 0.625. The first-order valence-corrected chi connectivity index (χ1v) is 7.93. The molecule has 3 heteroatoms. The average Bonchev–Trinajstić information content (AvgIpc) is 2.85. The van der Waals surface area contributed by atoms with Crippen molar-refractivity contribution in [3.05, 3.63) is 63.8 Å². The summed E-state index contributed by atoms with van der Waals surface area (Å²) in [4.78, 5) is 2.69. The Labute approximate surface area is 129 Å². The highest BCUT2D eigenvalue weighted by Gasteiger charge is 2.07. The van der Waals surface area contributed by atoms with Gasteiger partial charge in [-0.2, -0.15) is 0 Å². The second kappa shape index (κ2) is 6.29. The van der Waals surface area contributed by atoms with Crippen LogP contribution in [0, 0.1) is 6.92 Å². The van der Waals surface area contributed by atoms with Crippen LogP contribution in [0.15, 0.2) is 48.5 Å². The van der Waals surface area contributed by atoms with Gasteiger partial charge in [0.25, 0.3) is 0 Å². The molecule has 3 aromatic rings. The Bertz CT molecular complexity index is 743. The summed E-state index contributed by atoms with van der Waals surface area (Å²) in [6.07, 6.45) is 0. The van der Waals surface area contributed by atoms with Gasteiger partial charge in [-0.15, -0.1) is 11.3 Å². The predicted octanol–water partition coefficient (Wildman–Crippen LogP) is 4.51. The van der Waals surface area contributed by atoms with Gasteiger partial charge in [-0.1, -0.05) is 36.4 Å². The maximum Gasteiger partial charge on any atom is 0.127 e. The lowest BCUT2D eigenvalue weighted by Crippen LogP contribution is -2.02. The summed E-state index contributed by atoms with van der Waals surface area (Å²) >= 11 is 1.84. The van der Waals surface area contributed by atoms with E-state index < -0.39 is 0 Å². The molecule has 0 saturated carbocycles. The molecular formula is C18H19NOS. The van der Waals surface area contributed by atoms with Crippen LogP contribution in [0.25, 0.3) is 10.8 Å². The van der Waals surface area contributed by atoms with Gasteiger partial charge in [0.05, 0.1) is 0 Å². The van der Waals surface area contributed by atoms with E-state index in [1.807, 2.05) is 30.5 Å². The Morgan fingerprint density at radius 3 is 2.76 bits per heavy atom. The summed E-state index contributed by atoms with van der Waals surface area (Å²) in [6.45, 7) is 3.70. The quantitative estimate of drug-likeness (QED) is 0.748. The molecule has 0 aliphatic rings. The van der Waals surface area contributed by atoms with Crippen LogP contribution < -0.4 is 10.1 Å². The molecule has 0 aliphatic heterocycles. The van der Waals surface area contributed by atoms with Gasteiger partial charge in [0.1, 0.15) is 12.4 Å². The van der Waals surface area contributed by atoms with E-state index in [0.29, 0.717) is 6.61 Å². The zero-order valence-corrected chi connectivity index (χ0v) is 13.2. The minimum absolute atomic E-state index is 0.625. The van der Waals surface area contributed by atoms with E-state index in [1.54, 1.807) is 0 Å². The maximum atomic E-state index is 6.06. The molecule has 2 nitrogen and oxygen atoms in total. The van der Waals surface area contributed by atoms with E-state index in [1.165, 1.54) is 26.1 Å². The molecule has 0 atom stereocenters. The summed E-state index contributed by atoms with van der Waals surface area (Å²) in [5, 5.41) is 5.58. The summed E-state index contributed by atoms with van der Waals surface area (Å²) in [6, 6.07) is 16.8. The molecule has 108 valence electrons. The first-order valence-electron chi connectivity index (χ1n) is 7.11. The number of hydrogen-bond acceptors (Lipinski definition) is 3. The number of fused-ring (bicyclic) bond motifs is 1. The van der Waals surface area contributed by atoms with Crippen molar-refractivity contribution in [1.29, 1.82) is 0 Å². The zero-order valence-electron chi connectivity index (χ0n) is 12.3. The summed E-state index contributed by atoms with van der Waals surface area (Å²) < 4.78 is 6.06. The average molecular weight is 297 g/mol. The van der Waals surface area contributed by atoms with E-state index in [4.69, 9.17) is 4.74 Å². The second-order valence-corrected chi connectivity index (χ2v) is 6.43. The van der Waals surface area contributed by atoms with Gasteiger partial charge in [0.2, 0.25) is 0 Å². The van der Waals surface area contributed by atoms with Gasteiger partial charge >= 0.3 is 0 Å². The number of nitrogens with one attached hydrogen (secondary N) is 1. The standard InChI is InChI=1S/C18H19NOS/c1-13-15(10-16(21-13)11-19-2)12-20-18-9-5-7-14-6-3-4-8-17(14)18/h3-10,19H,11-12H2,1-2H3. The number of ether oxygens (including phenoxy) is 1. The van der Waals surface area contributed by atoms with Crippen molar-refractivity contribution in [3.8, 4) is 5.75 Å². The zero-order chi connectivity index (χ0) is 14.7. The molecule has 2 aromatic carbocycles. The highest BCUT2D eigenvalue weighted by atomic mass is 32.1. The lowest BCUT2D eigenvalue weighted by atomic mass is 10.1. The van der Waals surface area contributed by atoms with Crippen molar-refractivity contribution < 1.29 is 4.74 Å². The largest absolute Gasteiger partial charge is 0.488 e. The third kappa shape index (κ3) is 3.09. The summed E-state index contributed by atoms with van der Waals surface area (Å²) in [5.74, 6) is 0.953. The van der Waals surface area contributed by atoms with Gasteiger partial charge in [-0.05, 0) is 31.5 Å². The Balaban J connectivity index is 1.80. The van der Waals surface area contributed by atoms with Crippen LogP contribution in [0.5, 0.6) is 5.75 Å². The SMILES string of the molecule is CNCc1cc(COc2cccc3ccccc23)c(C)s1. The number of benzene rings is 2. The lowest BCUT2D eigenvalue weighted by molar-refractivity contribution is 0.310. The van der Waals surface area contributed by atoms with Crippen LogP contribution in [0.4, 0.5) is 0 Å². The normalized spacial score (nSPS) is 11.0. The molecule has 0 amide bonds. The summed E-state index contributed by atoms with van der Waals surface area (Å²) in [7, 11) is 1.97. The van der Waals surface area contributed by atoms with Gasteiger partial charge in [0.15, 0.2) is 0 Å². The van der Waals surface area contributed by atoms with Gasteiger partial charge in [-0.3, -0.25) is 0 Å². The van der Waals surface area contributed by atoms with E-state index >= 15 is 0 Å². The number of rotatable bonds is 5. The lowest BCUT2D eigenvalue weighted by Gasteiger charge is -2.09. The molecule has 3 rings (SSSR count). The van der Waals surface area contributed by atoms with Crippen molar-refractivity contribution >= 4 is 22.1 Å². The maximum absolute atomic E-state index is 6.06. The number of hydrogen-bond donors (Lipinski definition) is 1. The third-order valence-electron chi connectivity index (χ3n) is 3.56. The van der Waals surface area contributed by atoms with E-state index in [-0.39, 0.29) is 0 Å². The predicted molar refractivity (Wildman–Crippen MR) is 90.1 cm³/mol. The molecule has 0 fully saturated rings. The minimum Gasteiger partial charge on any atom is -0.488 e. The topological polar surface area (TPSA) is 21.3 Å². The molecule has 21 heavy (non-hydrogen) atoms. The Kier molecular flexibility index (Phi) is 4.23. The van der Waals surface area contributed by atoms with E-state index in [0.717, 1.165) is 12.3 Å². The first-order chi connectivity index (χ1) is 10.3. The smallest absolute Gasteiger partial charge is 0.127 e. The first kappa shape index (κ1) is 14.1. The highest BCUT2D eigenvalue weighted by molar-refractivity contribution is 7.12. The van der Waals surface area contributed by atoms with E-state index in [2.05, 4.69) is 48.6 Å². The molecule has 0 spiro atoms. The van der Waals surface area contributed by atoms with Crippen LogP contribution in [-0.4, -0.2) is 7.05 Å². The second-order valence-electron chi connectivity index (χ2n) is 5.09. The third-order valence-corrected chi connectivity index (χ3v) is 4.65. The van der Waals surface area contributed by atoms with Crippen LogP contribution in [0.2, 0.25) is 0 Å². The highest BCUT2D eigenvalue weighted by Crippen LogP contribution is 2.28. The summed E-state index contributed by atoms with van der Waals surface area (Å²) in [5.41, 5.74) is 1.28. The van der Waals surface area contributed by atoms with Crippen molar-refractivity contribution in [2.75, 3.05) is 7.05 Å². The van der Waals surface area contributed by atoms with Gasteiger partial charge in [-0.25, -0.2) is 0 Å². The fourth-order valence-corrected chi connectivity index (χ4v) is 3.53. The van der Waals surface area contributed by atoms with Gasteiger partial charge in [0, 0.05) is 27.2 Å². The molecule has 0 radical (unpaired) electrons. The molecule has 0 bridgehead atoms. The van der Waals surface area contributed by atoms with Crippen molar-refractivity contribution in [3.63, 3.8) is 0 Å². The Morgan fingerprint density at radius 1 is 1.10 bits per heavy atom. The molecular weight excluding hydrogens is 278 g/mol. The monoisotopic (exact) mass is 297 g/mol. The molecule has 0 aliphatic carbocycles. The number of aryl methyl sites for hydroxylation is 1. The molecule has 1 aromatic heterocycles. The molecule has 0 unspecified atom stereocenters. The van der Waals surface area contributed by atoms with Crippen molar-refractivity contribution in [1.82, 2.24) is 5.32 Å². The molecule has 1 heterocycles. The van der Waals surface area contributed by atoms with Crippen LogP contribution in [-0.2, 0) is 13.2 Å². The van der Waals surface area contributed by atoms with Crippen molar-refractivity contribution in [2.24, 2.45) is 0 Å². The fourth-order valence-electron chi connectivity index (χ4n) is 2.47. The number of thiophene rings is 1.